The monoisotopic (exact) mass is 655 g/mol. The Bertz CT molecular complexity index is 3680. The van der Waals surface area contributed by atoms with E-state index in [1.165, 1.54) is 0 Å². The molecule has 0 saturated heterocycles. The fraction of sp³-hybridized carbons (Fsp3) is 0. The van der Waals surface area contributed by atoms with Crippen molar-refractivity contribution in [1.82, 2.24) is 15.0 Å². The molecular formula is C45H27N3O2. The third-order valence-corrected chi connectivity index (χ3v) is 8.42. The van der Waals surface area contributed by atoms with Gasteiger partial charge in [0.05, 0.1) is 24.8 Å². The van der Waals surface area contributed by atoms with Crippen molar-refractivity contribution in [2.24, 2.45) is 0 Å². The lowest BCUT2D eigenvalue weighted by Gasteiger charge is -2.13. The van der Waals surface area contributed by atoms with Gasteiger partial charge < -0.3 is 8.83 Å². The fourth-order valence-corrected chi connectivity index (χ4v) is 6.16. The van der Waals surface area contributed by atoms with Crippen molar-refractivity contribution in [1.29, 1.82) is 0 Å². The van der Waals surface area contributed by atoms with Gasteiger partial charge in [0.2, 0.25) is 0 Å². The van der Waals surface area contributed by atoms with Gasteiger partial charge in [0.25, 0.3) is 0 Å². The summed E-state index contributed by atoms with van der Waals surface area (Å²) >= 11 is 0. The highest BCUT2D eigenvalue weighted by atomic mass is 16.3. The molecule has 10 aromatic rings. The summed E-state index contributed by atoms with van der Waals surface area (Å²) in [5, 5.41) is -0.757. The molecule has 7 aromatic carbocycles. The van der Waals surface area contributed by atoms with Crippen LogP contribution in [0, 0.1) is 0 Å². The van der Waals surface area contributed by atoms with Crippen LogP contribution in [0.25, 0.3) is 100 Å². The van der Waals surface area contributed by atoms with E-state index in [1.807, 2.05) is 66.7 Å². The van der Waals surface area contributed by atoms with Gasteiger partial charge in [-0.1, -0.05) is 133 Å². The molecule has 0 aliphatic carbocycles. The van der Waals surface area contributed by atoms with E-state index in [1.54, 1.807) is 12.1 Å². The number of furan rings is 2. The van der Waals surface area contributed by atoms with Crippen molar-refractivity contribution in [3.8, 4) is 56.4 Å². The standard InChI is InChI=1S/C45H27N3O2/c1-2-13-28(14-3-1)29-15-10-16-30(27-29)31-17-4-5-19-34(31)43-46-44(36-22-12-26-40-41(36)35-20-7-9-25-39(35)49-40)48-45(47-43)37-23-11-21-33-32-18-6-8-24-38(32)50-42(33)37/h1-27H/i6D,7D,8D,9D,11D,12D,18D,20D,21D,22D,23D,24D,25D,26D. The second kappa shape index (κ2) is 11.4. The van der Waals surface area contributed by atoms with Crippen molar-refractivity contribution in [2.75, 3.05) is 0 Å². The number of rotatable bonds is 5. The van der Waals surface area contributed by atoms with E-state index in [-0.39, 0.29) is 72.5 Å². The molecule has 5 nitrogen and oxygen atoms in total. The molecule has 5 heteroatoms. The molecule has 0 N–H and O–H groups in total. The zero-order valence-electron chi connectivity index (χ0n) is 39.7. The van der Waals surface area contributed by atoms with E-state index in [4.69, 9.17) is 40.2 Å². The van der Waals surface area contributed by atoms with Crippen LogP contribution in [0.4, 0.5) is 0 Å². The molecule has 0 bridgehead atoms. The van der Waals surface area contributed by atoms with Gasteiger partial charge in [0, 0.05) is 32.7 Å². The summed E-state index contributed by atoms with van der Waals surface area (Å²) in [6.07, 6.45) is 0. The molecule has 0 unspecified atom stereocenters. The van der Waals surface area contributed by atoms with Gasteiger partial charge in [0.15, 0.2) is 17.5 Å². The molecule has 0 aliphatic heterocycles. The summed E-state index contributed by atoms with van der Waals surface area (Å²) < 4.78 is 134. The van der Waals surface area contributed by atoms with Crippen LogP contribution in [0.3, 0.4) is 0 Å². The van der Waals surface area contributed by atoms with Crippen LogP contribution in [-0.2, 0) is 0 Å². The summed E-state index contributed by atoms with van der Waals surface area (Å²) in [5.74, 6) is -0.797. The third kappa shape index (κ3) is 4.60. The van der Waals surface area contributed by atoms with E-state index >= 15 is 0 Å². The minimum absolute atomic E-state index is 0.0705. The molecule has 10 rings (SSSR count). The summed E-state index contributed by atoms with van der Waals surface area (Å²) in [4.78, 5) is 14.4. The Morgan fingerprint density at radius 3 is 1.82 bits per heavy atom. The lowest BCUT2D eigenvalue weighted by molar-refractivity contribution is 0.668. The minimum Gasteiger partial charge on any atom is -0.456 e. The van der Waals surface area contributed by atoms with Gasteiger partial charge in [-0.2, -0.15) is 0 Å². The predicted octanol–water partition coefficient (Wildman–Crippen LogP) is 12.0. The molecule has 0 amide bonds. The largest absolute Gasteiger partial charge is 0.456 e. The lowest BCUT2D eigenvalue weighted by Crippen LogP contribution is -2.01. The zero-order valence-corrected chi connectivity index (χ0v) is 25.7. The first-order chi connectivity index (χ1) is 30.6. The maximum absolute atomic E-state index is 9.29. The summed E-state index contributed by atoms with van der Waals surface area (Å²) in [6.45, 7) is 0. The molecule has 234 valence electrons. The van der Waals surface area contributed by atoms with Crippen molar-refractivity contribution in [2.45, 2.75) is 0 Å². The van der Waals surface area contributed by atoms with Crippen LogP contribution >= 0.6 is 0 Å². The van der Waals surface area contributed by atoms with E-state index in [2.05, 4.69) is 0 Å². The number of fused-ring (bicyclic) bond motifs is 6. The highest BCUT2D eigenvalue weighted by molar-refractivity contribution is 6.12. The number of para-hydroxylation sites is 3. The lowest BCUT2D eigenvalue weighted by atomic mass is 9.95. The Kier molecular flexibility index (Phi) is 3.99. The average Bonchev–Trinajstić information content (AvgIpc) is 3.91. The van der Waals surface area contributed by atoms with Gasteiger partial charge in [-0.05, 0) is 52.5 Å². The highest BCUT2D eigenvalue weighted by Gasteiger charge is 2.21. The first-order valence-electron chi connectivity index (χ1n) is 22.5. The van der Waals surface area contributed by atoms with E-state index in [0.29, 0.717) is 11.1 Å². The van der Waals surface area contributed by atoms with E-state index in [9.17, 15) is 2.74 Å². The Hall–Kier alpha value is -6.85. The van der Waals surface area contributed by atoms with Crippen molar-refractivity contribution in [3.63, 3.8) is 0 Å². The normalized spacial score (nSPS) is 15.5. The molecular weight excluding hydrogens is 615 g/mol. The fourth-order valence-electron chi connectivity index (χ4n) is 6.16. The van der Waals surface area contributed by atoms with Crippen LogP contribution in [-0.4, -0.2) is 15.0 Å². The molecule has 0 atom stereocenters. The van der Waals surface area contributed by atoms with E-state index in [0.717, 1.165) is 16.7 Å². The maximum atomic E-state index is 9.29. The predicted molar refractivity (Wildman–Crippen MR) is 202 cm³/mol. The SMILES string of the molecule is [2H]c1c([2H])c([2H])c2c(oc3c(-c4nc(-c5ccccc5-c5cccc(-c6ccccc6)c5)nc(-c5c([2H])c([2H])c([2H])c6oc7c([2H])c([2H])c([2H])c([2H])c7c56)n4)c([2H])c([2H])c([2H])c32)c1[2H]. The van der Waals surface area contributed by atoms with Crippen molar-refractivity contribution >= 4 is 43.9 Å². The molecule has 0 saturated carbocycles. The van der Waals surface area contributed by atoms with Crippen LogP contribution in [0.15, 0.2) is 172 Å². The number of hydrogen-bond donors (Lipinski definition) is 0. The minimum atomic E-state index is -0.647. The topological polar surface area (TPSA) is 65.0 Å². The second-order valence-electron chi connectivity index (χ2n) is 11.3. The van der Waals surface area contributed by atoms with Gasteiger partial charge in [-0.25, -0.2) is 15.0 Å². The molecule has 50 heavy (non-hydrogen) atoms. The van der Waals surface area contributed by atoms with Gasteiger partial charge in [-0.15, -0.1) is 0 Å². The van der Waals surface area contributed by atoms with Crippen molar-refractivity contribution < 1.29 is 28.0 Å². The second-order valence-corrected chi connectivity index (χ2v) is 11.3. The van der Waals surface area contributed by atoms with Crippen LogP contribution in [0.5, 0.6) is 0 Å². The first-order valence-corrected chi connectivity index (χ1v) is 15.5. The smallest absolute Gasteiger partial charge is 0.167 e. The number of nitrogens with zero attached hydrogens (tertiary/aromatic N) is 3. The first kappa shape index (κ1) is 17.5. The Balaban J connectivity index is 1.36. The summed E-state index contributed by atoms with van der Waals surface area (Å²) in [5.41, 5.74) is 1.73. The van der Waals surface area contributed by atoms with E-state index < -0.39 is 84.6 Å². The number of aromatic nitrogens is 3. The molecule has 3 heterocycles. The summed E-state index contributed by atoms with van der Waals surface area (Å²) in [7, 11) is 0. The molecule has 0 fully saturated rings. The van der Waals surface area contributed by atoms with Gasteiger partial charge in [0.1, 0.15) is 22.3 Å². The molecule has 0 spiro atoms. The Morgan fingerprint density at radius 2 is 0.980 bits per heavy atom. The third-order valence-electron chi connectivity index (χ3n) is 8.42. The van der Waals surface area contributed by atoms with Crippen LogP contribution < -0.4 is 0 Å². The Morgan fingerprint density at radius 1 is 0.400 bits per heavy atom. The van der Waals surface area contributed by atoms with Crippen LogP contribution in [0.1, 0.15) is 19.2 Å². The summed E-state index contributed by atoms with van der Waals surface area (Å²) in [6, 6.07) is 16.2. The average molecular weight is 656 g/mol. The quantitative estimate of drug-likeness (QED) is 0.185. The number of benzene rings is 7. The molecule has 0 radical (unpaired) electrons. The number of hydrogen-bond acceptors (Lipinski definition) is 5. The van der Waals surface area contributed by atoms with Gasteiger partial charge >= 0.3 is 0 Å². The maximum Gasteiger partial charge on any atom is 0.167 e. The Labute approximate surface area is 306 Å². The molecule has 3 aromatic heterocycles. The zero-order chi connectivity index (χ0) is 45.2. The molecule has 0 aliphatic rings. The highest BCUT2D eigenvalue weighted by Crippen LogP contribution is 2.40. The van der Waals surface area contributed by atoms with Crippen molar-refractivity contribution in [3.05, 3.63) is 163 Å². The van der Waals surface area contributed by atoms with Crippen LogP contribution in [0.2, 0.25) is 0 Å². The van der Waals surface area contributed by atoms with Gasteiger partial charge in [-0.3, -0.25) is 0 Å².